The molecule has 0 saturated heterocycles. The van der Waals surface area contributed by atoms with Gasteiger partial charge in [-0.25, -0.2) is 0 Å². The lowest BCUT2D eigenvalue weighted by molar-refractivity contribution is 0.100. The lowest BCUT2D eigenvalue weighted by atomic mass is 10.1. The van der Waals surface area contributed by atoms with Crippen LogP contribution >= 0.6 is 0 Å². The summed E-state index contributed by atoms with van der Waals surface area (Å²) in [4.78, 5) is 11.9. The molecular formula is C22H20N2O. The molecule has 0 aliphatic carbocycles. The van der Waals surface area contributed by atoms with Gasteiger partial charge in [-0.2, -0.15) is 0 Å². The number of amides is 1. The maximum Gasteiger partial charge on any atom is 0.249 e. The van der Waals surface area contributed by atoms with Crippen molar-refractivity contribution in [2.45, 2.75) is 20.4 Å². The summed E-state index contributed by atoms with van der Waals surface area (Å²) in [7, 11) is 0. The van der Waals surface area contributed by atoms with Gasteiger partial charge in [-0.05, 0) is 43.2 Å². The first-order valence-electron chi connectivity index (χ1n) is 8.42. The Bertz CT molecular complexity index is 1120. The van der Waals surface area contributed by atoms with E-state index in [4.69, 9.17) is 5.73 Å². The van der Waals surface area contributed by atoms with Crippen LogP contribution in [-0.4, -0.2) is 10.5 Å². The van der Waals surface area contributed by atoms with Gasteiger partial charge in [0.25, 0.3) is 0 Å². The molecule has 0 aliphatic rings. The molecule has 0 radical (unpaired) electrons. The maximum absolute atomic E-state index is 11.9. The molecule has 0 spiro atoms. The van der Waals surface area contributed by atoms with Crippen LogP contribution in [0.15, 0.2) is 60.7 Å². The van der Waals surface area contributed by atoms with E-state index < -0.39 is 0 Å². The van der Waals surface area contributed by atoms with Crippen LogP contribution < -0.4 is 5.73 Å². The van der Waals surface area contributed by atoms with Crippen LogP contribution in [0.4, 0.5) is 0 Å². The van der Waals surface area contributed by atoms with Gasteiger partial charge in [-0.1, -0.05) is 48.0 Å². The Morgan fingerprint density at radius 3 is 2.48 bits per heavy atom. The monoisotopic (exact) mass is 328 g/mol. The van der Waals surface area contributed by atoms with Gasteiger partial charge in [-0.3, -0.25) is 4.79 Å². The number of carbonyl (C=O) groups excluding carboxylic acids is 1. The Kier molecular flexibility index (Phi) is 3.57. The quantitative estimate of drug-likeness (QED) is 0.589. The summed E-state index contributed by atoms with van der Waals surface area (Å²) >= 11 is 0. The van der Waals surface area contributed by atoms with Crippen LogP contribution in [-0.2, 0) is 6.54 Å². The van der Waals surface area contributed by atoms with Gasteiger partial charge < -0.3 is 10.3 Å². The summed E-state index contributed by atoms with van der Waals surface area (Å²) in [6.45, 7) is 5.01. The van der Waals surface area contributed by atoms with Gasteiger partial charge in [0.2, 0.25) is 5.91 Å². The SMILES string of the molecule is Cc1ccc(Cn2c3ccccc3c3c(C(N)=O)cccc32)c(C)c1. The highest BCUT2D eigenvalue weighted by Crippen LogP contribution is 2.32. The van der Waals surface area contributed by atoms with Gasteiger partial charge in [0.05, 0.1) is 5.52 Å². The van der Waals surface area contributed by atoms with Crippen molar-refractivity contribution >= 4 is 27.7 Å². The molecule has 25 heavy (non-hydrogen) atoms. The molecule has 0 bridgehead atoms. The van der Waals surface area contributed by atoms with Crippen molar-refractivity contribution in [1.29, 1.82) is 0 Å². The average molecular weight is 328 g/mol. The molecule has 3 aromatic carbocycles. The number of primary amides is 1. The lowest BCUT2D eigenvalue weighted by Crippen LogP contribution is -2.11. The number of nitrogens with zero attached hydrogens (tertiary/aromatic N) is 1. The topological polar surface area (TPSA) is 48.0 Å². The van der Waals surface area contributed by atoms with E-state index in [1.54, 1.807) is 6.07 Å². The normalized spacial score (nSPS) is 11.3. The van der Waals surface area contributed by atoms with Crippen molar-refractivity contribution in [2.24, 2.45) is 5.73 Å². The van der Waals surface area contributed by atoms with Crippen molar-refractivity contribution in [2.75, 3.05) is 0 Å². The number of fused-ring (bicyclic) bond motifs is 3. The van der Waals surface area contributed by atoms with Crippen molar-refractivity contribution < 1.29 is 4.79 Å². The van der Waals surface area contributed by atoms with Crippen LogP contribution in [0.3, 0.4) is 0 Å². The molecular weight excluding hydrogens is 308 g/mol. The highest BCUT2D eigenvalue weighted by atomic mass is 16.1. The number of aromatic nitrogens is 1. The minimum Gasteiger partial charge on any atom is -0.366 e. The Labute approximate surface area is 146 Å². The lowest BCUT2D eigenvalue weighted by Gasteiger charge is -2.11. The molecule has 3 heteroatoms. The Balaban J connectivity index is 2.02. The highest BCUT2D eigenvalue weighted by molar-refractivity contribution is 6.17. The van der Waals surface area contributed by atoms with E-state index in [1.165, 1.54) is 16.7 Å². The zero-order valence-electron chi connectivity index (χ0n) is 14.4. The van der Waals surface area contributed by atoms with E-state index in [0.29, 0.717) is 5.56 Å². The Morgan fingerprint density at radius 1 is 0.960 bits per heavy atom. The number of benzene rings is 3. The summed E-state index contributed by atoms with van der Waals surface area (Å²) in [5.74, 6) is -0.389. The molecule has 3 nitrogen and oxygen atoms in total. The molecule has 2 N–H and O–H groups in total. The highest BCUT2D eigenvalue weighted by Gasteiger charge is 2.16. The molecule has 1 heterocycles. The van der Waals surface area contributed by atoms with Crippen molar-refractivity contribution in [3.05, 3.63) is 82.9 Å². The third kappa shape index (κ3) is 2.49. The minimum absolute atomic E-state index is 0.389. The molecule has 0 unspecified atom stereocenters. The van der Waals surface area contributed by atoms with E-state index in [9.17, 15) is 4.79 Å². The fourth-order valence-corrected chi connectivity index (χ4v) is 3.67. The van der Waals surface area contributed by atoms with Crippen molar-refractivity contribution in [3.8, 4) is 0 Å². The third-order valence-electron chi connectivity index (χ3n) is 4.89. The second-order valence-corrected chi connectivity index (χ2v) is 6.60. The van der Waals surface area contributed by atoms with Gasteiger partial charge in [-0.15, -0.1) is 0 Å². The van der Waals surface area contributed by atoms with E-state index >= 15 is 0 Å². The zero-order valence-corrected chi connectivity index (χ0v) is 14.4. The van der Waals surface area contributed by atoms with Gasteiger partial charge in [0.1, 0.15) is 0 Å². The van der Waals surface area contributed by atoms with E-state index in [1.807, 2.05) is 18.2 Å². The van der Waals surface area contributed by atoms with Gasteiger partial charge in [0, 0.05) is 28.4 Å². The Morgan fingerprint density at radius 2 is 1.72 bits per heavy atom. The molecule has 1 amide bonds. The molecule has 4 aromatic rings. The van der Waals surface area contributed by atoms with Crippen LogP contribution in [0.2, 0.25) is 0 Å². The molecule has 4 rings (SSSR count). The van der Waals surface area contributed by atoms with Crippen LogP contribution in [0.1, 0.15) is 27.0 Å². The van der Waals surface area contributed by atoms with Gasteiger partial charge >= 0.3 is 0 Å². The molecule has 124 valence electrons. The number of para-hydroxylation sites is 1. The fourth-order valence-electron chi connectivity index (χ4n) is 3.67. The molecule has 0 atom stereocenters. The van der Waals surface area contributed by atoms with Crippen LogP contribution in [0.5, 0.6) is 0 Å². The summed E-state index contributed by atoms with van der Waals surface area (Å²) < 4.78 is 2.27. The smallest absolute Gasteiger partial charge is 0.249 e. The summed E-state index contributed by atoms with van der Waals surface area (Å²) in [5.41, 5.74) is 12.2. The summed E-state index contributed by atoms with van der Waals surface area (Å²) in [5, 5.41) is 2.01. The summed E-state index contributed by atoms with van der Waals surface area (Å²) in [6, 6.07) is 20.5. The first-order chi connectivity index (χ1) is 12.1. The van der Waals surface area contributed by atoms with Crippen LogP contribution in [0.25, 0.3) is 21.8 Å². The number of rotatable bonds is 3. The number of hydrogen-bond acceptors (Lipinski definition) is 1. The first-order valence-corrected chi connectivity index (χ1v) is 8.42. The molecule has 0 saturated carbocycles. The second kappa shape index (κ2) is 5.78. The standard InChI is InChI=1S/C22H20N2O/c1-14-10-11-16(15(2)12-14)13-24-19-8-4-3-6-17(19)21-18(22(23)25)7-5-9-20(21)24/h3-12H,13H2,1-2H3,(H2,23,25). The second-order valence-electron chi connectivity index (χ2n) is 6.60. The molecule has 1 aromatic heterocycles. The van der Waals surface area contributed by atoms with Gasteiger partial charge in [0.15, 0.2) is 0 Å². The minimum atomic E-state index is -0.389. The van der Waals surface area contributed by atoms with E-state index in [0.717, 1.165) is 28.4 Å². The van der Waals surface area contributed by atoms with E-state index in [-0.39, 0.29) is 5.91 Å². The summed E-state index contributed by atoms with van der Waals surface area (Å²) in [6.07, 6.45) is 0. The Hall–Kier alpha value is -3.07. The average Bonchev–Trinajstić information content (AvgIpc) is 2.91. The molecule has 0 fully saturated rings. The largest absolute Gasteiger partial charge is 0.366 e. The van der Waals surface area contributed by atoms with E-state index in [2.05, 4.69) is 54.8 Å². The number of carbonyl (C=O) groups is 1. The maximum atomic E-state index is 11.9. The van der Waals surface area contributed by atoms with Crippen molar-refractivity contribution in [3.63, 3.8) is 0 Å². The third-order valence-corrected chi connectivity index (χ3v) is 4.89. The number of nitrogens with two attached hydrogens (primary N) is 1. The first kappa shape index (κ1) is 15.5. The number of hydrogen-bond donors (Lipinski definition) is 1. The van der Waals surface area contributed by atoms with Crippen LogP contribution in [0, 0.1) is 13.8 Å². The van der Waals surface area contributed by atoms with Crippen molar-refractivity contribution in [1.82, 2.24) is 4.57 Å². The number of aryl methyl sites for hydroxylation is 2. The fraction of sp³-hybridized carbons (Fsp3) is 0.136. The zero-order chi connectivity index (χ0) is 17.6. The molecule has 0 aliphatic heterocycles. The predicted molar refractivity (Wildman–Crippen MR) is 103 cm³/mol. The predicted octanol–water partition coefficient (Wildman–Crippen LogP) is 4.56.